The standard InChI is InChI=1S/C15H25NO/c1-11-8-12(2)10-13(9-11)15(16)6-5-14-4-3-7-17-14/h3-4,7,11-13,15H,5-6,8-10,16H2,1-2H3. The first-order chi connectivity index (χ1) is 8.15. The van der Waals surface area contributed by atoms with E-state index in [0.717, 1.165) is 30.4 Å². The summed E-state index contributed by atoms with van der Waals surface area (Å²) in [6.07, 6.45) is 7.77. The van der Waals surface area contributed by atoms with Crippen LogP contribution in [0.1, 0.15) is 45.3 Å². The number of aryl methyl sites for hydroxylation is 1. The molecule has 0 radical (unpaired) electrons. The quantitative estimate of drug-likeness (QED) is 0.866. The summed E-state index contributed by atoms with van der Waals surface area (Å²) in [6, 6.07) is 4.33. The first-order valence-electron chi connectivity index (χ1n) is 6.93. The minimum Gasteiger partial charge on any atom is -0.469 e. The fourth-order valence-corrected chi connectivity index (χ4v) is 3.36. The number of nitrogens with two attached hydrogens (primary N) is 1. The highest BCUT2D eigenvalue weighted by Crippen LogP contribution is 2.35. The van der Waals surface area contributed by atoms with Gasteiger partial charge in [0.25, 0.3) is 0 Å². The molecule has 1 aliphatic carbocycles. The van der Waals surface area contributed by atoms with E-state index in [4.69, 9.17) is 10.2 Å². The monoisotopic (exact) mass is 235 g/mol. The largest absolute Gasteiger partial charge is 0.469 e. The van der Waals surface area contributed by atoms with Crippen molar-refractivity contribution in [2.75, 3.05) is 0 Å². The molecule has 2 nitrogen and oxygen atoms in total. The first kappa shape index (κ1) is 12.7. The van der Waals surface area contributed by atoms with Crippen LogP contribution in [-0.4, -0.2) is 6.04 Å². The SMILES string of the molecule is CC1CC(C)CC(C(N)CCc2ccco2)C1. The van der Waals surface area contributed by atoms with E-state index in [1.807, 2.05) is 12.1 Å². The van der Waals surface area contributed by atoms with Crippen LogP contribution in [0.25, 0.3) is 0 Å². The fraction of sp³-hybridized carbons (Fsp3) is 0.733. The highest BCUT2D eigenvalue weighted by molar-refractivity contribution is 4.99. The van der Waals surface area contributed by atoms with Gasteiger partial charge in [-0.05, 0) is 55.6 Å². The Morgan fingerprint density at radius 1 is 1.29 bits per heavy atom. The summed E-state index contributed by atoms with van der Waals surface area (Å²) in [5, 5.41) is 0. The molecule has 0 saturated heterocycles. The summed E-state index contributed by atoms with van der Waals surface area (Å²) in [7, 11) is 0. The Bertz CT molecular complexity index is 310. The van der Waals surface area contributed by atoms with Crippen molar-refractivity contribution in [1.29, 1.82) is 0 Å². The summed E-state index contributed by atoms with van der Waals surface area (Å²) in [6.45, 7) is 4.73. The lowest BCUT2D eigenvalue weighted by atomic mass is 9.73. The summed E-state index contributed by atoms with van der Waals surface area (Å²) in [4.78, 5) is 0. The summed E-state index contributed by atoms with van der Waals surface area (Å²) in [5.74, 6) is 3.47. The summed E-state index contributed by atoms with van der Waals surface area (Å²) < 4.78 is 5.36. The lowest BCUT2D eigenvalue weighted by molar-refractivity contribution is 0.188. The zero-order valence-corrected chi connectivity index (χ0v) is 11.1. The Hall–Kier alpha value is -0.760. The van der Waals surface area contributed by atoms with Crippen LogP contribution in [0.5, 0.6) is 0 Å². The molecule has 1 aromatic heterocycles. The van der Waals surface area contributed by atoms with Crippen molar-refractivity contribution in [1.82, 2.24) is 0 Å². The highest BCUT2D eigenvalue weighted by atomic mass is 16.3. The normalized spacial score (nSPS) is 31.4. The maximum atomic E-state index is 6.35. The van der Waals surface area contributed by atoms with Crippen LogP contribution in [0.4, 0.5) is 0 Å². The van der Waals surface area contributed by atoms with Crippen LogP contribution >= 0.6 is 0 Å². The molecule has 96 valence electrons. The van der Waals surface area contributed by atoms with Gasteiger partial charge in [0.1, 0.15) is 5.76 Å². The zero-order valence-electron chi connectivity index (χ0n) is 11.1. The average Bonchev–Trinajstić information content (AvgIpc) is 2.77. The lowest BCUT2D eigenvalue weighted by Crippen LogP contribution is -2.35. The van der Waals surface area contributed by atoms with Crippen molar-refractivity contribution in [3.8, 4) is 0 Å². The Kier molecular flexibility index (Phi) is 4.27. The molecule has 2 N–H and O–H groups in total. The Labute approximate surface area is 105 Å². The van der Waals surface area contributed by atoms with E-state index in [2.05, 4.69) is 13.8 Å². The smallest absolute Gasteiger partial charge is 0.103 e. The third-order valence-electron chi connectivity index (χ3n) is 4.12. The predicted molar refractivity (Wildman–Crippen MR) is 70.7 cm³/mol. The van der Waals surface area contributed by atoms with E-state index in [1.54, 1.807) is 6.26 Å². The van der Waals surface area contributed by atoms with Crippen molar-refractivity contribution in [3.63, 3.8) is 0 Å². The second-order valence-electron chi connectivity index (χ2n) is 5.96. The van der Waals surface area contributed by atoms with E-state index in [-0.39, 0.29) is 0 Å². The van der Waals surface area contributed by atoms with Gasteiger partial charge in [-0.25, -0.2) is 0 Å². The van der Waals surface area contributed by atoms with Gasteiger partial charge >= 0.3 is 0 Å². The van der Waals surface area contributed by atoms with Gasteiger partial charge < -0.3 is 10.2 Å². The fourth-order valence-electron chi connectivity index (χ4n) is 3.36. The van der Waals surface area contributed by atoms with Gasteiger partial charge in [0.05, 0.1) is 6.26 Å². The van der Waals surface area contributed by atoms with E-state index >= 15 is 0 Å². The molecular formula is C15H25NO. The van der Waals surface area contributed by atoms with Gasteiger partial charge in [0.2, 0.25) is 0 Å². The molecule has 0 bridgehead atoms. The van der Waals surface area contributed by atoms with Gasteiger partial charge in [-0.2, -0.15) is 0 Å². The van der Waals surface area contributed by atoms with Crippen molar-refractivity contribution >= 4 is 0 Å². The van der Waals surface area contributed by atoms with E-state index in [9.17, 15) is 0 Å². The highest BCUT2D eigenvalue weighted by Gasteiger charge is 2.27. The van der Waals surface area contributed by atoms with Crippen LogP contribution in [0, 0.1) is 17.8 Å². The van der Waals surface area contributed by atoms with Crippen molar-refractivity contribution < 1.29 is 4.42 Å². The Morgan fingerprint density at radius 2 is 2.00 bits per heavy atom. The summed E-state index contributed by atoms with van der Waals surface area (Å²) >= 11 is 0. The molecule has 0 amide bonds. The molecule has 3 unspecified atom stereocenters. The first-order valence-corrected chi connectivity index (χ1v) is 6.93. The third-order valence-corrected chi connectivity index (χ3v) is 4.12. The van der Waals surface area contributed by atoms with Gasteiger partial charge in [0, 0.05) is 12.5 Å². The van der Waals surface area contributed by atoms with Crippen LogP contribution in [0.15, 0.2) is 22.8 Å². The molecule has 1 aromatic rings. The minimum atomic E-state index is 0.338. The van der Waals surface area contributed by atoms with E-state index in [1.165, 1.54) is 19.3 Å². The maximum Gasteiger partial charge on any atom is 0.103 e. The van der Waals surface area contributed by atoms with E-state index in [0.29, 0.717) is 12.0 Å². The third kappa shape index (κ3) is 3.60. The van der Waals surface area contributed by atoms with E-state index < -0.39 is 0 Å². The molecular weight excluding hydrogens is 210 g/mol. The predicted octanol–water partition coefficient (Wildman–Crippen LogP) is 3.61. The number of furan rings is 1. The lowest BCUT2D eigenvalue weighted by Gasteiger charge is -2.35. The molecule has 2 rings (SSSR count). The second kappa shape index (κ2) is 5.72. The number of hydrogen-bond donors (Lipinski definition) is 1. The number of rotatable bonds is 4. The molecule has 17 heavy (non-hydrogen) atoms. The van der Waals surface area contributed by atoms with Gasteiger partial charge in [-0.3, -0.25) is 0 Å². The number of hydrogen-bond acceptors (Lipinski definition) is 2. The van der Waals surface area contributed by atoms with Crippen LogP contribution in [0.3, 0.4) is 0 Å². The van der Waals surface area contributed by atoms with Crippen LogP contribution in [0.2, 0.25) is 0 Å². The second-order valence-corrected chi connectivity index (χ2v) is 5.96. The molecule has 1 fully saturated rings. The Balaban J connectivity index is 1.80. The molecule has 1 aliphatic rings. The average molecular weight is 235 g/mol. The Morgan fingerprint density at radius 3 is 2.59 bits per heavy atom. The molecule has 0 aromatic carbocycles. The van der Waals surface area contributed by atoms with Crippen LogP contribution in [-0.2, 0) is 6.42 Å². The van der Waals surface area contributed by atoms with Gasteiger partial charge in [-0.1, -0.05) is 13.8 Å². The van der Waals surface area contributed by atoms with Crippen molar-refractivity contribution in [3.05, 3.63) is 24.2 Å². The molecule has 0 spiro atoms. The topological polar surface area (TPSA) is 39.2 Å². The molecule has 1 heterocycles. The maximum absolute atomic E-state index is 6.35. The minimum absolute atomic E-state index is 0.338. The molecule has 2 heteroatoms. The van der Waals surface area contributed by atoms with Crippen LogP contribution < -0.4 is 5.73 Å². The van der Waals surface area contributed by atoms with Gasteiger partial charge in [-0.15, -0.1) is 0 Å². The molecule has 1 saturated carbocycles. The van der Waals surface area contributed by atoms with Crippen molar-refractivity contribution in [2.24, 2.45) is 23.5 Å². The summed E-state index contributed by atoms with van der Waals surface area (Å²) in [5.41, 5.74) is 6.35. The zero-order chi connectivity index (χ0) is 12.3. The molecule has 3 atom stereocenters. The van der Waals surface area contributed by atoms with Crippen molar-refractivity contribution in [2.45, 2.75) is 52.0 Å². The van der Waals surface area contributed by atoms with Gasteiger partial charge in [0.15, 0.2) is 0 Å². The molecule has 0 aliphatic heterocycles.